The van der Waals surface area contributed by atoms with E-state index in [1.807, 2.05) is 56.3 Å². The zero-order valence-electron chi connectivity index (χ0n) is 12.9. The summed E-state index contributed by atoms with van der Waals surface area (Å²) in [6, 6.07) is 16.1. The van der Waals surface area contributed by atoms with Gasteiger partial charge in [0, 0.05) is 23.1 Å². The standard InChI is InChI=1S/C18H21BrN2O/c1-13-12-16(8-9-17(13)19)20-11-10-18(22)21-14(2)15-6-4-3-5-7-15/h3-9,12,14,20H,10-11H2,1-2H3,(H,21,22). The molecule has 2 N–H and O–H groups in total. The summed E-state index contributed by atoms with van der Waals surface area (Å²) in [6.07, 6.45) is 0.451. The van der Waals surface area contributed by atoms with Crippen LogP contribution in [0.25, 0.3) is 0 Å². The van der Waals surface area contributed by atoms with Crippen molar-refractivity contribution >= 4 is 27.5 Å². The van der Waals surface area contributed by atoms with Crippen LogP contribution >= 0.6 is 15.9 Å². The minimum absolute atomic E-state index is 0.0311. The molecule has 0 bridgehead atoms. The Kier molecular flexibility index (Phi) is 6.01. The number of anilines is 1. The van der Waals surface area contributed by atoms with Gasteiger partial charge in [-0.25, -0.2) is 0 Å². The lowest BCUT2D eigenvalue weighted by molar-refractivity contribution is -0.121. The van der Waals surface area contributed by atoms with Crippen LogP contribution in [0.4, 0.5) is 5.69 Å². The average Bonchev–Trinajstić information content (AvgIpc) is 2.51. The zero-order chi connectivity index (χ0) is 15.9. The second kappa shape index (κ2) is 7.99. The van der Waals surface area contributed by atoms with E-state index in [-0.39, 0.29) is 11.9 Å². The van der Waals surface area contributed by atoms with E-state index in [9.17, 15) is 4.79 Å². The molecule has 116 valence electrons. The molecule has 22 heavy (non-hydrogen) atoms. The molecule has 0 heterocycles. The number of amides is 1. The second-order valence-corrected chi connectivity index (χ2v) is 6.19. The van der Waals surface area contributed by atoms with Crippen molar-refractivity contribution in [2.45, 2.75) is 26.3 Å². The minimum atomic E-state index is 0.0311. The summed E-state index contributed by atoms with van der Waals surface area (Å²) < 4.78 is 1.09. The topological polar surface area (TPSA) is 41.1 Å². The first-order chi connectivity index (χ1) is 10.6. The lowest BCUT2D eigenvalue weighted by Crippen LogP contribution is -2.28. The fourth-order valence-electron chi connectivity index (χ4n) is 2.21. The number of hydrogen-bond donors (Lipinski definition) is 2. The van der Waals surface area contributed by atoms with Gasteiger partial charge in [0.25, 0.3) is 0 Å². The molecule has 0 aromatic heterocycles. The predicted octanol–water partition coefficient (Wildman–Crippen LogP) is 4.44. The normalized spacial score (nSPS) is 11.8. The summed E-state index contributed by atoms with van der Waals surface area (Å²) in [6.45, 7) is 4.66. The Balaban J connectivity index is 1.77. The number of nitrogens with one attached hydrogen (secondary N) is 2. The summed E-state index contributed by atoms with van der Waals surface area (Å²) in [4.78, 5) is 12.0. The molecule has 0 fully saturated rings. The minimum Gasteiger partial charge on any atom is -0.385 e. The van der Waals surface area contributed by atoms with Crippen LogP contribution in [0.2, 0.25) is 0 Å². The van der Waals surface area contributed by atoms with E-state index < -0.39 is 0 Å². The quantitative estimate of drug-likeness (QED) is 0.799. The lowest BCUT2D eigenvalue weighted by Gasteiger charge is -2.14. The monoisotopic (exact) mass is 360 g/mol. The van der Waals surface area contributed by atoms with E-state index in [0.717, 1.165) is 15.7 Å². The molecule has 0 saturated heterocycles. The zero-order valence-corrected chi connectivity index (χ0v) is 14.5. The summed E-state index contributed by atoms with van der Waals surface area (Å²) in [5.74, 6) is 0.0534. The molecule has 0 saturated carbocycles. The van der Waals surface area contributed by atoms with Gasteiger partial charge < -0.3 is 10.6 Å². The van der Waals surface area contributed by atoms with Crippen molar-refractivity contribution in [3.8, 4) is 0 Å². The number of benzene rings is 2. The van der Waals surface area contributed by atoms with Crippen molar-refractivity contribution in [2.75, 3.05) is 11.9 Å². The third kappa shape index (κ3) is 4.88. The molecular formula is C18H21BrN2O. The number of aryl methyl sites for hydroxylation is 1. The summed E-state index contributed by atoms with van der Waals surface area (Å²) in [7, 11) is 0. The maximum atomic E-state index is 12.0. The average molecular weight is 361 g/mol. The second-order valence-electron chi connectivity index (χ2n) is 5.34. The first-order valence-electron chi connectivity index (χ1n) is 7.40. The summed E-state index contributed by atoms with van der Waals surface area (Å²) in [5, 5.41) is 6.29. The number of carbonyl (C=O) groups excluding carboxylic acids is 1. The largest absolute Gasteiger partial charge is 0.385 e. The van der Waals surface area contributed by atoms with Crippen molar-refractivity contribution in [3.63, 3.8) is 0 Å². The van der Waals surface area contributed by atoms with Crippen LogP contribution in [-0.2, 0) is 4.79 Å². The van der Waals surface area contributed by atoms with Gasteiger partial charge in [0.2, 0.25) is 5.91 Å². The molecule has 1 unspecified atom stereocenters. The number of rotatable bonds is 6. The lowest BCUT2D eigenvalue weighted by atomic mass is 10.1. The molecule has 1 atom stereocenters. The van der Waals surface area contributed by atoms with E-state index in [2.05, 4.69) is 32.6 Å². The maximum absolute atomic E-state index is 12.0. The highest BCUT2D eigenvalue weighted by atomic mass is 79.9. The molecular weight excluding hydrogens is 340 g/mol. The molecule has 0 aliphatic rings. The molecule has 0 aliphatic carbocycles. The highest BCUT2D eigenvalue weighted by molar-refractivity contribution is 9.10. The Bertz CT molecular complexity index is 628. The predicted molar refractivity (Wildman–Crippen MR) is 95.0 cm³/mol. The Morgan fingerprint density at radius 2 is 1.91 bits per heavy atom. The van der Waals surface area contributed by atoms with E-state index >= 15 is 0 Å². The van der Waals surface area contributed by atoms with Crippen molar-refractivity contribution in [1.29, 1.82) is 0 Å². The number of hydrogen-bond acceptors (Lipinski definition) is 2. The van der Waals surface area contributed by atoms with Gasteiger partial charge in [-0.15, -0.1) is 0 Å². The first kappa shape index (κ1) is 16.6. The molecule has 2 aromatic rings. The van der Waals surface area contributed by atoms with Crippen molar-refractivity contribution in [2.24, 2.45) is 0 Å². The molecule has 0 aliphatic heterocycles. The molecule has 1 amide bonds. The Labute approximate surface area is 140 Å². The van der Waals surface area contributed by atoms with Gasteiger partial charge in [-0.2, -0.15) is 0 Å². The summed E-state index contributed by atoms with van der Waals surface area (Å²) in [5.41, 5.74) is 3.32. The molecule has 0 spiro atoms. The van der Waals surface area contributed by atoms with E-state index in [1.54, 1.807) is 0 Å². The van der Waals surface area contributed by atoms with Crippen LogP contribution in [-0.4, -0.2) is 12.5 Å². The molecule has 3 nitrogen and oxygen atoms in total. The smallest absolute Gasteiger partial charge is 0.222 e. The van der Waals surface area contributed by atoms with Crippen molar-refractivity contribution < 1.29 is 4.79 Å². The summed E-state index contributed by atoms with van der Waals surface area (Å²) >= 11 is 3.48. The van der Waals surface area contributed by atoms with Crippen LogP contribution in [0.5, 0.6) is 0 Å². The van der Waals surface area contributed by atoms with Gasteiger partial charge in [-0.3, -0.25) is 4.79 Å². The first-order valence-corrected chi connectivity index (χ1v) is 8.20. The van der Waals surface area contributed by atoms with Gasteiger partial charge in [0.15, 0.2) is 0 Å². The van der Waals surface area contributed by atoms with E-state index in [1.165, 1.54) is 5.56 Å². The Morgan fingerprint density at radius 3 is 2.59 bits per heavy atom. The maximum Gasteiger partial charge on any atom is 0.222 e. The van der Waals surface area contributed by atoms with Crippen LogP contribution in [0, 0.1) is 6.92 Å². The SMILES string of the molecule is Cc1cc(NCCC(=O)NC(C)c2ccccc2)ccc1Br. The van der Waals surface area contributed by atoms with Gasteiger partial charge in [-0.05, 0) is 43.2 Å². The third-order valence-corrected chi connectivity index (χ3v) is 4.41. The molecule has 2 rings (SSSR count). The van der Waals surface area contributed by atoms with Crippen molar-refractivity contribution in [1.82, 2.24) is 5.32 Å². The Morgan fingerprint density at radius 1 is 1.18 bits per heavy atom. The number of carbonyl (C=O) groups is 1. The van der Waals surface area contributed by atoms with Gasteiger partial charge in [0.05, 0.1) is 6.04 Å². The Hall–Kier alpha value is -1.81. The van der Waals surface area contributed by atoms with Gasteiger partial charge in [0.1, 0.15) is 0 Å². The highest BCUT2D eigenvalue weighted by Crippen LogP contribution is 2.19. The number of halogens is 1. The van der Waals surface area contributed by atoms with Crippen LogP contribution in [0.1, 0.15) is 30.5 Å². The molecule has 4 heteroatoms. The fraction of sp³-hybridized carbons (Fsp3) is 0.278. The fourth-order valence-corrected chi connectivity index (χ4v) is 2.46. The van der Waals surface area contributed by atoms with E-state index in [0.29, 0.717) is 13.0 Å². The van der Waals surface area contributed by atoms with Gasteiger partial charge in [-0.1, -0.05) is 46.3 Å². The molecule has 2 aromatic carbocycles. The van der Waals surface area contributed by atoms with Crippen LogP contribution < -0.4 is 10.6 Å². The van der Waals surface area contributed by atoms with Gasteiger partial charge >= 0.3 is 0 Å². The highest BCUT2D eigenvalue weighted by Gasteiger charge is 2.08. The van der Waals surface area contributed by atoms with E-state index in [4.69, 9.17) is 0 Å². The molecule has 0 radical (unpaired) electrons. The third-order valence-electron chi connectivity index (χ3n) is 3.52. The van der Waals surface area contributed by atoms with Crippen molar-refractivity contribution in [3.05, 3.63) is 64.1 Å². The van der Waals surface area contributed by atoms with Crippen LogP contribution in [0.15, 0.2) is 53.0 Å². The van der Waals surface area contributed by atoms with Crippen LogP contribution in [0.3, 0.4) is 0 Å².